The van der Waals surface area contributed by atoms with E-state index in [-0.39, 0.29) is 5.60 Å². The van der Waals surface area contributed by atoms with E-state index in [9.17, 15) is 0 Å². The van der Waals surface area contributed by atoms with Crippen LogP contribution in [-0.4, -0.2) is 11.7 Å². The maximum atomic E-state index is 5.61. The normalized spacial score (nSPS) is 24.3. The van der Waals surface area contributed by atoms with Crippen molar-refractivity contribution in [1.29, 1.82) is 0 Å². The molecule has 1 fully saturated rings. The molecule has 1 nitrogen and oxygen atoms in total. The second-order valence-electron chi connectivity index (χ2n) is 3.63. The lowest BCUT2D eigenvalue weighted by molar-refractivity contribution is -0.00956. The Bertz CT molecular complexity index is 179. The van der Waals surface area contributed by atoms with Crippen LogP contribution in [0.3, 0.4) is 0 Å². The molecule has 0 N–H and O–H groups in total. The van der Waals surface area contributed by atoms with Gasteiger partial charge < -0.3 is 4.74 Å². The van der Waals surface area contributed by atoms with Gasteiger partial charge in [-0.3, -0.25) is 0 Å². The zero-order valence-corrected chi connectivity index (χ0v) is 6.90. The Hall–Kier alpha value is -0.520. The maximum Gasteiger partial charge on any atom is 0.0910 e. The molecule has 0 bridgehead atoms. The van der Waals surface area contributed by atoms with Gasteiger partial charge in [0.1, 0.15) is 0 Å². The highest BCUT2D eigenvalue weighted by atomic mass is 16.5. The first kappa shape index (κ1) is 7.59. The van der Waals surface area contributed by atoms with E-state index in [0.717, 1.165) is 6.42 Å². The van der Waals surface area contributed by atoms with Crippen molar-refractivity contribution in [2.45, 2.75) is 38.9 Å². The fourth-order valence-corrected chi connectivity index (χ4v) is 0.866. The van der Waals surface area contributed by atoms with Crippen molar-refractivity contribution in [1.82, 2.24) is 0 Å². The average molecular weight is 138 g/mol. The molecule has 1 unspecified atom stereocenters. The van der Waals surface area contributed by atoms with Gasteiger partial charge in [0.15, 0.2) is 0 Å². The van der Waals surface area contributed by atoms with Crippen molar-refractivity contribution in [3.05, 3.63) is 17.9 Å². The standard InChI is InChI=1S/C9H14O/c1-5-7-6-8(7)10-9(2,3)4/h8H,1,6H2,2-4H3. The predicted octanol–water partition coefficient (Wildman–Crippen LogP) is 2.29. The molecule has 0 aromatic heterocycles. The third-order valence-corrected chi connectivity index (χ3v) is 1.36. The van der Waals surface area contributed by atoms with Crippen LogP contribution in [0.15, 0.2) is 17.9 Å². The first-order valence-electron chi connectivity index (χ1n) is 3.59. The van der Waals surface area contributed by atoms with E-state index in [0.29, 0.717) is 6.10 Å². The van der Waals surface area contributed by atoms with Crippen LogP contribution < -0.4 is 0 Å². The molecule has 0 heterocycles. The summed E-state index contributed by atoms with van der Waals surface area (Å²) in [5.41, 5.74) is 4.05. The Kier molecular flexibility index (Phi) is 1.72. The smallest absolute Gasteiger partial charge is 0.0910 e. The molecule has 1 rings (SSSR count). The highest BCUT2D eigenvalue weighted by molar-refractivity contribution is 5.24. The summed E-state index contributed by atoms with van der Waals surface area (Å²) in [6, 6.07) is 0. The van der Waals surface area contributed by atoms with Gasteiger partial charge in [-0.2, -0.15) is 0 Å². The second kappa shape index (κ2) is 2.26. The largest absolute Gasteiger partial charge is 0.367 e. The van der Waals surface area contributed by atoms with Crippen LogP contribution in [0.5, 0.6) is 0 Å². The van der Waals surface area contributed by atoms with Crippen LogP contribution in [-0.2, 0) is 4.74 Å². The zero-order valence-electron chi connectivity index (χ0n) is 6.90. The molecular formula is C9H14O. The minimum Gasteiger partial charge on any atom is -0.367 e. The quantitative estimate of drug-likeness (QED) is 0.505. The lowest BCUT2D eigenvalue weighted by Crippen LogP contribution is -2.20. The summed E-state index contributed by atoms with van der Waals surface area (Å²) in [6.45, 7) is 9.75. The molecule has 0 aromatic carbocycles. The van der Waals surface area contributed by atoms with Crippen molar-refractivity contribution in [2.75, 3.05) is 0 Å². The Morgan fingerprint density at radius 3 is 2.50 bits per heavy atom. The Morgan fingerprint density at radius 1 is 1.60 bits per heavy atom. The molecule has 1 aliphatic rings. The van der Waals surface area contributed by atoms with Gasteiger partial charge in [0.25, 0.3) is 0 Å². The summed E-state index contributed by atoms with van der Waals surface area (Å²) in [5, 5.41) is 0. The highest BCUT2D eigenvalue weighted by Gasteiger charge is 2.34. The summed E-state index contributed by atoms with van der Waals surface area (Å²) < 4.78 is 5.61. The minimum absolute atomic E-state index is 0.0245. The fraction of sp³-hybridized carbons (Fsp3) is 0.667. The van der Waals surface area contributed by atoms with Crippen molar-refractivity contribution in [2.24, 2.45) is 0 Å². The predicted molar refractivity (Wildman–Crippen MR) is 41.9 cm³/mol. The van der Waals surface area contributed by atoms with E-state index in [1.54, 1.807) is 0 Å². The molecule has 1 atom stereocenters. The summed E-state index contributed by atoms with van der Waals surface area (Å²) in [7, 11) is 0. The monoisotopic (exact) mass is 138 g/mol. The molecule has 0 aliphatic heterocycles. The van der Waals surface area contributed by atoms with Crippen LogP contribution in [0, 0.1) is 0 Å². The second-order valence-corrected chi connectivity index (χ2v) is 3.63. The van der Waals surface area contributed by atoms with Gasteiger partial charge in [0.2, 0.25) is 0 Å². The van der Waals surface area contributed by atoms with Gasteiger partial charge in [-0.15, -0.1) is 5.73 Å². The van der Waals surface area contributed by atoms with E-state index in [1.807, 2.05) is 0 Å². The molecule has 1 heteroatoms. The van der Waals surface area contributed by atoms with Crippen LogP contribution in [0.2, 0.25) is 0 Å². The van der Waals surface area contributed by atoms with Crippen molar-refractivity contribution >= 4 is 0 Å². The van der Waals surface area contributed by atoms with E-state index in [4.69, 9.17) is 4.74 Å². The minimum atomic E-state index is -0.0245. The van der Waals surface area contributed by atoms with Gasteiger partial charge >= 0.3 is 0 Å². The van der Waals surface area contributed by atoms with E-state index in [2.05, 4.69) is 33.1 Å². The Labute approximate surface area is 62.4 Å². The first-order valence-corrected chi connectivity index (χ1v) is 3.59. The molecule has 0 aromatic rings. The third-order valence-electron chi connectivity index (χ3n) is 1.36. The van der Waals surface area contributed by atoms with E-state index in [1.165, 1.54) is 5.57 Å². The highest BCUT2D eigenvalue weighted by Crippen LogP contribution is 2.34. The first-order chi connectivity index (χ1) is 4.53. The Balaban J connectivity index is 2.38. The average Bonchev–Trinajstić information content (AvgIpc) is 2.42. The van der Waals surface area contributed by atoms with Crippen LogP contribution in [0.1, 0.15) is 27.2 Å². The van der Waals surface area contributed by atoms with Gasteiger partial charge in [-0.25, -0.2) is 0 Å². The van der Waals surface area contributed by atoms with Crippen molar-refractivity contribution in [3.63, 3.8) is 0 Å². The van der Waals surface area contributed by atoms with Gasteiger partial charge in [-0.05, 0) is 20.8 Å². The summed E-state index contributed by atoms with van der Waals surface area (Å²) >= 11 is 0. The molecule has 0 spiro atoms. The number of rotatable bonds is 1. The number of ether oxygens (including phenoxy) is 1. The third kappa shape index (κ3) is 2.02. The summed E-state index contributed by atoms with van der Waals surface area (Å²) in [4.78, 5) is 0. The van der Waals surface area contributed by atoms with Crippen LogP contribution in [0.4, 0.5) is 0 Å². The molecular weight excluding hydrogens is 124 g/mol. The SMILES string of the molecule is C=C=C1CC1OC(C)(C)C. The zero-order chi connectivity index (χ0) is 7.78. The summed E-state index contributed by atoms with van der Waals surface area (Å²) in [6.07, 6.45) is 1.35. The van der Waals surface area contributed by atoms with Crippen molar-refractivity contribution in [3.8, 4) is 0 Å². The molecule has 10 heavy (non-hydrogen) atoms. The van der Waals surface area contributed by atoms with E-state index < -0.39 is 0 Å². The number of hydrogen-bond donors (Lipinski definition) is 0. The van der Waals surface area contributed by atoms with Gasteiger partial charge in [0.05, 0.1) is 11.7 Å². The molecule has 0 amide bonds. The van der Waals surface area contributed by atoms with Crippen molar-refractivity contribution < 1.29 is 4.74 Å². The van der Waals surface area contributed by atoms with Gasteiger partial charge in [-0.1, -0.05) is 6.58 Å². The summed E-state index contributed by atoms with van der Waals surface area (Å²) in [5.74, 6) is 0. The Morgan fingerprint density at radius 2 is 2.20 bits per heavy atom. The topological polar surface area (TPSA) is 9.23 Å². The number of hydrogen-bond acceptors (Lipinski definition) is 1. The fourth-order valence-electron chi connectivity index (χ4n) is 0.866. The molecule has 1 aliphatic carbocycles. The molecule has 0 radical (unpaired) electrons. The lowest BCUT2D eigenvalue weighted by atomic mass is 10.2. The molecule has 1 saturated carbocycles. The maximum absolute atomic E-state index is 5.61. The van der Waals surface area contributed by atoms with Crippen LogP contribution >= 0.6 is 0 Å². The molecule has 56 valence electrons. The molecule has 0 saturated heterocycles. The van der Waals surface area contributed by atoms with E-state index >= 15 is 0 Å². The van der Waals surface area contributed by atoms with Crippen LogP contribution in [0.25, 0.3) is 0 Å². The van der Waals surface area contributed by atoms with Gasteiger partial charge in [0, 0.05) is 12.0 Å². The lowest BCUT2D eigenvalue weighted by Gasteiger charge is -2.18.